The summed E-state index contributed by atoms with van der Waals surface area (Å²) in [6.07, 6.45) is 2.00. The molecule has 1 aromatic rings. The summed E-state index contributed by atoms with van der Waals surface area (Å²) in [5.74, 6) is -1.26. The van der Waals surface area contributed by atoms with Crippen LogP contribution in [0.15, 0.2) is 24.3 Å². The smallest absolute Gasteiger partial charge is 0.326 e. The second-order valence-corrected chi connectivity index (χ2v) is 7.24. The van der Waals surface area contributed by atoms with Gasteiger partial charge in [0.05, 0.1) is 6.61 Å². The van der Waals surface area contributed by atoms with E-state index < -0.39 is 42.5 Å². The molecule has 0 aromatic heterocycles. The average molecular weight is 403 g/mol. The van der Waals surface area contributed by atoms with E-state index in [0.29, 0.717) is 11.3 Å². The molecule has 2 aliphatic rings. The van der Waals surface area contributed by atoms with Crippen molar-refractivity contribution in [3.05, 3.63) is 29.8 Å². The number of urea groups is 1. The molecule has 1 fully saturated rings. The van der Waals surface area contributed by atoms with Gasteiger partial charge < -0.3 is 20.1 Å². The number of hydrogen-bond acceptors (Lipinski definition) is 6. The number of carbonyl (C=O) groups excluding carboxylic acids is 4. The van der Waals surface area contributed by atoms with Crippen LogP contribution in [0.25, 0.3) is 0 Å². The Kier molecular flexibility index (Phi) is 6.05. The largest absolute Gasteiger partial charge is 0.493 e. The second-order valence-electron chi connectivity index (χ2n) is 7.24. The Bertz CT molecular complexity index is 826. The van der Waals surface area contributed by atoms with Crippen molar-refractivity contribution in [2.24, 2.45) is 0 Å². The van der Waals surface area contributed by atoms with Crippen LogP contribution < -0.4 is 15.4 Å². The van der Waals surface area contributed by atoms with Crippen LogP contribution in [0.3, 0.4) is 0 Å². The second kappa shape index (κ2) is 8.50. The molecule has 3 rings (SSSR count). The molecule has 0 unspecified atom stereocenters. The molecule has 29 heavy (non-hydrogen) atoms. The maximum Gasteiger partial charge on any atom is 0.326 e. The van der Waals surface area contributed by atoms with Gasteiger partial charge in [0.15, 0.2) is 12.1 Å². The number of carbonyl (C=O) groups is 4. The van der Waals surface area contributed by atoms with E-state index in [4.69, 9.17) is 9.47 Å². The van der Waals surface area contributed by atoms with Crippen molar-refractivity contribution in [3.63, 3.8) is 0 Å². The Balaban J connectivity index is 1.61. The highest BCUT2D eigenvalue weighted by Gasteiger charge is 2.55. The van der Waals surface area contributed by atoms with Crippen LogP contribution in [-0.4, -0.2) is 54.5 Å². The Morgan fingerprint density at radius 3 is 2.86 bits per heavy atom. The van der Waals surface area contributed by atoms with Crippen molar-refractivity contribution in [3.8, 4) is 5.75 Å². The zero-order valence-electron chi connectivity index (χ0n) is 16.5. The van der Waals surface area contributed by atoms with Gasteiger partial charge in [-0.15, -0.1) is 0 Å². The number of hydrogen-bond donors (Lipinski definition) is 2. The summed E-state index contributed by atoms with van der Waals surface area (Å²) in [6.45, 7) is 3.11. The number of imide groups is 1. The third-order valence-corrected chi connectivity index (χ3v) is 5.04. The zero-order chi connectivity index (χ0) is 21.0. The first kappa shape index (κ1) is 20.6. The minimum atomic E-state index is -1.25. The number of para-hydroxylation sites is 1. The number of ether oxygens (including phenoxy) is 2. The molecule has 1 spiro atoms. The lowest BCUT2D eigenvalue weighted by Gasteiger charge is -2.33. The number of benzene rings is 1. The van der Waals surface area contributed by atoms with Crippen molar-refractivity contribution >= 4 is 23.8 Å². The average Bonchev–Trinajstić information content (AvgIpc) is 2.92. The lowest BCUT2D eigenvalue weighted by Crippen LogP contribution is -2.47. The van der Waals surface area contributed by atoms with Gasteiger partial charge >= 0.3 is 12.0 Å². The maximum absolute atomic E-state index is 13.0. The number of nitrogens with one attached hydrogen (secondary N) is 2. The molecule has 9 nitrogen and oxygen atoms in total. The molecule has 156 valence electrons. The zero-order valence-corrected chi connectivity index (χ0v) is 16.5. The topological polar surface area (TPSA) is 114 Å². The summed E-state index contributed by atoms with van der Waals surface area (Å²) >= 11 is 0. The van der Waals surface area contributed by atoms with E-state index in [1.165, 1.54) is 0 Å². The molecule has 2 aliphatic heterocycles. The lowest BCUT2D eigenvalue weighted by molar-refractivity contribution is -0.151. The fourth-order valence-electron chi connectivity index (χ4n) is 3.66. The van der Waals surface area contributed by atoms with Crippen molar-refractivity contribution in [1.29, 1.82) is 0 Å². The van der Waals surface area contributed by atoms with Crippen molar-refractivity contribution in [2.75, 3.05) is 19.8 Å². The molecule has 0 radical (unpaired) electrons. The van der Waals surface area contributed by atoms with Gasteiger partial charge in [-0.3, -0.25) is 19.3 Å². The Labute approximate surface area is 168 Å². The van der Waals surface area contributed by atoms with Gasteiger partial charge in [0.2, 0.25) is 0 Å². The van der Waals surface area contributed by atoms with Gasteiger partial charge in [0.1, 0.15) is 12.3 Å². The molecule has 0 bridgehead atoms. The van der Waals surface area contributed by atoms with E-state index in [1.54, 1.807) is 24.3 Å². The van der Waals surface area contributed by atoms with Crippen LogP contribution in [-0.2, 0) is 24.7 Å². The standard InChI is InChI=1S/C20H25N3O6/c1-3-6-13(2)21-16(24)12-29-17(25)11-23-18(26)20(22-19(23)27)9-10-28-15-8-5-4-7-14(15)20/h4-5,7-8,13H,3,6,9-12H2,1-2H3,(H,21,24)(H,22,27)/t13-,20-/m0/s1. The summed E-state index contributed by atoms with van der Waals surface area (Å²) in [4.78, 5) is 50.2. The predicted octanol–water partition coefficient (Wildman–Crippen LogP) is 1.06. The third kappa shape index (κ3) is 4.18. The van der Waals surface area contributed by atoms with Gasteiger partial charge in [-0.2, -0.15) is 0 Å². The minimum absolute atomic E-state index is 0.0226. The Morgan fingerprint density at radius 2 is 2.10 bits per heavy atom. The fourth-order valence-corrected chi connectivity index (χ4v) is 3.66. The summed E-state index contributed by atoms with van der Waals surface area (Å²) in [5.41, 5.74) is -0.691. The van der Waals surface area contributed by atoms with Gasteiger partial charge in [-0.25, -0.2) is 4.79 Å². The van der Waals surface area contributed by atoms with Crippen LogP contribution in [0.4, 0.5) is 4.79 Å². The molecule has 0 aliphatic carbocycles. The number of rotatable bonds is 7. The normalized spacial score (nSPS) is 21.2. The summed E-state index contributed by atoms with van der Waals surface area (Å²) in [6, 6.07) is 6.28. The SMILES string of the molecule is CCC[C@H](C)NC(=O)COC(=O)CN1C(=O)N[C@]2(CCOc3ccccc32)C1=O. The van der Waals surface area contributed by atoms with Gasteiger partial charge in [0, 0.05) is 18.0 Å². The summed E-state index contributed by atoms with van der Waals surface area (Å²) in [7, 11) is 0. The first-order valence-electron chi connectivity index (χ1n) is 9.68. The Morgan fingerprint density at radius 1 is 1.34 bits per heavy atom. The van der Waals surface area contributed by atoms with E-state index >= 15 is 0 Å². The first-order valence-corrected chi connectivity index (χ1v) is 9.68. The number of fused-ring (bicyclic) bond motifs is 2. The maximum atomic E-state index is 13.0. The molecular formula is C20H25N3O6. The molecule has 9 heteroatoms. The molecule has 4 amide bonds. The highest BCUT2D eigenvalue weighted by Crippen LogP contribution is 2.40. The minimum Gasteiger partial charge on any atom is -0.493 e. The van der Waals surface area contributed by atoms with Crippen molar-refractivity contribution in [2.45, 2.75) is 44.7 Å². The highest BCUT2D eigenvalue weighted by molar-refractivity contribution is 6.09. The van der Waals surface area contributed by atoms with Crippen LogP contribution in [0.5, 0.6) is 5.75 Å². The lowest BCUT2D eigenvalue weighted by atomic mass is 9.84. The highest BCUT2D eigenvalue weighted by atomic mass is 16.5. The van der Waals surface area contributed by atoms with Crippen LogP contribution in [0.2, 0.25) is 0 Å². The summed E-state index contributed by atoms with van der Waals surface area (Å²) < 4.78 is 10.5. The van der Waals surface area contributed by atoms with E-state index in [9.17, 15) is 19.2 Å². The van der Waals surface area contributed by atoms with Gasteiger partial charge in [-0.05, 0) is 19.4 Å². The van der Waals surface area contributed by atoms with E-state index in [1.807, 2.05) is 13.8 Å². The molecule has 2 atom stereocenters. The van der Waals surface area contributed by atoms with Crippen molar-refractivity contribution in [1.82, 2.24) is 15.5 Å². The van der Waals surface area contributed by atoms with Crippen molar-refractivity contribution < 1.29 is 28.7 Å². The van der Waals surface area contributed by atoms with Gasteiger partial charge in [-0.1, -0.05) is 31.5 Å². The van der Waals surface area contributed by atoms with Crippen LogP contribution in [0.1, 0.15) is 38.7 Å². The van der Waals surface area contributed by atoms with E-state index in [0.717, 1.165) is 17.7 Å². The number of amides is 4. The molecule has 2 heterocycles. The quantitative estimate of drug-likeness (QED) is 0.520. The van der Waals surface area contributed by atoms with E-state index in [2.05, 4.69) is 10.6 Å². The Hall–Kier alpha value is -3.10. The van der Waals surface area contributed by atoms with Crippen LogP contribution >= 0.6 is 0 Å². The van der Waals surface area contributed by atoms with Crippen LogP contribution in [0, 0.1) is 0 Å². The first-order chi connectivity index (χ1) is 13.9. The van der Waals surface area contributed by atoms with Gasteiger partial charge in [0.25, 0.3) is 11.8 Å². The third-order valence-electron chi connectivity index (χ3n) is 5.04. The fraction of sp³-hybridized carbons (Fsp3) is 0.500. The molecule has 0 saturated carbocycles. The monoisotopic (exact) mass is 403 g/mol. The predicted molar refractivity (Wildman–Crippen MR) is 102 cm³/mol. The number of nitrogens with zero attached hydrogens (tertiary/aromatic N) is 1. The molecule has 1 aromatic carbocycles. The summed E-state index contributed by atoms with van der Waals surface area (Å²) in [5, 5.41) is 5.42. The molecule has 1 saturated heterocycles. The van der Waals surface area contributed by atoms with E-state index in [-0.39, 0.29) is 19.1 Å². The molecule has 2 N–H and O–H groups in total. The number of esters is 1. The molecular weight excluding hydrogens is 378 g/mol.